The van der Waals surface area contributed by atoms with Crippen molar-refractivity contribution < 1.29 is 14.3 Å². The van der Waals surface area contributed by atoms with Gasteiger partial charge in [-0.15, -0.1) is 0 Å². The maximum atomic E-state index is 12.5. The molecule has 0 unspecified atom stereocenters. The predicted molar refractivity (Wildman–Crippen MR) is 132 cm³/mol. The highest BCUT2D eigenvalue weighted by Gasteiger charge is 2.12. The molecule has 5 nitrogen and oxygen atoms in total. The number of halogens is 1. The number of azo groups is 1. The van der Waals surface area contributed by atoms with E-state index in [0.717, 1.165) is 17.9 Å². The van der Waals surface area contributed by atoms with Crippen molar-refractivity contribution in [2.45, 2.75) is 45.4 Å². The Morgan fingerprint density at radius 1 is 0.818 bits per heavy atom. The number of hydrogen-bond acceptors (Lipinski definition) is 5. The van der Waals surface area contributed by atoms with Gasteiger partial charge >= 0.3 is 5.97 Å². The third-order valence-corrected chi connectivity index (χ3v) is 5.31. The number of nitrogens with zero attached hydrogens (tertiary/aromatic N) is 2. The van der Waals surface area contributed by atoms with Crippen molar-refractivity contribution in [3.8, 4) is 11.5 Å². The standard InChI is InChI=1S/C27H29ClN2O3/c1-2-3-4-5-6-10-19-32-24-16-13-21(14-17-24)27(31)33-26-18-15-23(20-25(26)28)30-29-22-11-8-7-9-12-22/h7-9,11-18,20H,2-6,10,19H2,1H3. The van der Waals surface area contributed by atoms with E-state index in [1.54, 1.807) is 42.5 Å². The molecule has 0 radical (unpaired) electrons. The van der Waals surface area contributed by atoms with Crippen LogP contribution < -0.4 is 9.47 Å². The summed E-state index contributed by atoms with van der Waals surface area (Å²) < 4.78 is 11.2. The van der Waals surface area contributed by atoms with Crippen molar-refractivity contribution in [2.75, 3.05) is 6.61 Å². The first kappa shape index (κ1) is 24.5. The van der Waals surface area contributed by atoms with Gasteiger partial charge in [-0.2, -0.15) is 10.2 Å². The molecule has 0 aliphatic heterocycles. The van der Waals surface area contributed by atoms with Gasteiger partial charge in [-0.05, 0) is 61.0 Å². The number of unbranched alkanes of at least 4 members (excludes halogenated alkanes) is 5. The fourth-order valence-corrected chi connectivity index (χ4v) is 3.38. The van der Waals surface area contributed by atoms with E-state index in [4.69, 9.17) is 21.1 Å². The molecule has 0 atom stereocenters. The second kappa shape index (κ2) is 13.4. The minimum atomic E-state index is -0.488. The van der Waals surface area contributed by atoms with Gasteiger partial charge < -0.3 is 9.47 Å². The lowest BCUT2D eigenvalue weighted by Crippen LogP contribution is -2.08. The molecule has 33 heavy (non-hydrogen) atoms. The Balaban J connectivity index is 1.48. The van der Waals surface area contributed by atoms with Gasteiger partial charge in [-0.1, -0.05) is 68.8 Å². The summed E-state index contributed by atoms with van der Waals surface area (Å²) in [6.45, 7) is 2.90. The Bertz CT molecular complexity index is 1040. The molecule has 0 heterocycles. The van der Waals surface area contributed by atoms with Crippen LogP contribution in [0.1, 0.15) is 55.8 Å². The van der Waals surface area contributed by atoms with Crippen LogP contribution in [0, 0.1) is 0 Å². The van der Waals surface area contributed by atoms with Gasteiger partial charge in [0.1, 0.15) is 11.5 Å². The van der Waals surface area contributed by atoms with Gasteiger partial charge in [0, 0.05) is 0 Å². The van der Waals surface area contributed by atoms with E-state index in [0.29, 0.717) is 17.9 Å². The molecule has 3 aromatic rings. The lowest BCUT2D eigenvalue weighted by atomic mass is 10.1. The topological polar surface area (TPSA) is 60.2 Å². The van der Waals surface area contributed by atoms with Crippen molar-refractivity contribution in [3.63, 3.8) is 0 Å². The highest BCUT2D eigenvalue weighted by Crippen LogP contribution is 2.30. The highest BCUT2D eigenvalue weighted by molar-refractivity contribution is 6.32. The Labute approximate surface area is 200 Å². The van der Waals surface area contributed by atoms with E-state index >= 15 is 0 Å². The molecule has 3 aromatic carbocycles. The minimum Gasteiger partial charge on any atom is -0.494 e. The zero-order valence-corrected chi connectivity index (χ0v) is 19.6. The van der Waals surface area contributed by atoms with Crippen molar-refractivity contribution in [1.29, 1.82) is 0 Å². The van der Waals surface area contributed by atoms with E-state index in [1.807, 2.05) is 30.3 Å². The normalized spacial score (nSPS) is 11.0. The first-order valence-electron chi connectivity index (χ1n) is 11.4. The molecule has 0 spiro atoms. The van der Waals surface area contributed by atoms with Crippen LogP contribution >= 0.6 is 11.6 Å². The number of esters is 1. The fourth-order valence-electron chi connectivity index (χ4n) is 3.16. The van der Waals surface area contributed by atoms with E-state index in [2.05, 4.69) is 17.2 Å². The number of hydrogen-bond donors (Lipinski definition) is 0. The zero-order valence-electron chi connectivity index (χ0n) is 18.9. The number of ether oxygens (including phenoxy) is 2. The number of carbonyl (C=O) groups excluding carboxylic acids is 1. The molecule has 6 heteroatoms. The van der Waals surface area contributed by atoms with Gasteiger partial charge in [0.15, 0.2) is 0 Å². The number of benzene rings is 3. The first-order chi connectivity index (χ1) is 16.2. The molecule has 0 aromatic heterocycles. The lowest BCUT2D eigenvalue weighted by Gasteiger charge is -2.09. The second-order valence-electron chi connectivity index (χ2n) is 7.68. The van der Waals surface area contributed by atoms with Crippen molar-refractivity contribution in [3.05, 3.63) is 83.4 Å². The van der Waals surface area contributed by atoms with E-state index < -0.39 is 5.97 Å². The minimum absolute atomic E-state index is 0.267. The Hall–Kier alpha value is -3.18. The van der Waals surface area contributed by atoms with E-state index in [-0.39, 0.29) is 10.8 Å². The van der Waals surface area contributed by atoms with Crippen molar-refractivity contribution in [1.82, 2.24) is 0 Å². The molecule has 0 N–H and O–H groups in total. The smallest absolute Gasteiger partial charge is 0.343 e. The van der Waals surface area contributed by atoms with Crippen LogP contribution in [0.3, 0.4) is 0 Å². The zero-order chi connectivity index (χ0) is 23.3. The summed E-state index contributed by atoms with van der Waals surface area (Å²) in [6, 6.07) is 21.2. The van der Waals surface area contributed by atoms with Crippen molar-refractivity contribution >= 4 is 28.9 Å². The summed E-state index contributed by atoms with van der Waals surface area (Å²) in [6.07, 6.45) is 7.31. The van der Waals surface area contributed by atoms with Gasteiger partial charge in [-0.3, -0.25) is 0 Å². The molecule has 0 aliphatic carbocycles. The maximum absolute atomic E-state index is 12.5. The molecular formula is C27H29ClN2O3. The quantitative estimate of drug-likeness (QED) is 0.116. The summed E-state index contributed by atoms with van der Waals surface area (Å²) in [7, 11) is 0. The van der Waals surface area contributed by atoms with E-state index in [1.165, 1.54) is 32.1 Å². The number of rotatable bonds is 12. The molecular weight excluding hydrogens is 436 g/mol. The molecule has 172 valence electrons. The average molecular weight is 465 g/mol. The van der Waals surface area contributed by atoms with Gasteiger partial charge in [0.25, 0.3) is 0 Å². The Morgan fingerprint density at radius 3 is 2.24 bits per heavy atom. The molecule has 0 fully saturated rings. The SMILES string of the molecule is CCCCCCCCOc1ccc(C(=O)Oc2ccc(N=Nc3ccccc3)cc2Cl)cc1. The second-order valence-corrected chi connectivity index (χ2v) is 8.09. The van der Waals surface area contributed by atoms with Crippen LogP contribution in [-0.2, 0) is 0 Å². The third kappa shape index (κ3) is 8.35. The highest BCUT2D eigenvalue weighted by atomic mass is 35.5. The summed E-state index contributed by atoms with van der Waals surface area (Å²) in [5.41, 5.74) is 1.73. The summed E-state index contributed by atoms with van der Waals surface area (Å²) in [5.74, 6) is 0.521. The summed E-state index contributed by atoms with van der Waals surface area (Å²) in [5, 5.41) is 8.60. The van der Waals surface area contributed by atoms with Crippen LogP contribution in [0.5, 0.6) is 11.5 Å². The van der Waals surface area contributed by atoms with Crippen LogP contribution in [0.4, 0.5) is 11.4 Å². The van der Waals surface area contributed by atoms with Gasteiger partial charge in [0.2, 0.25) is 0 Å². The largest absolute Gasteiger partial charge is 0.494 e. The average Bonchev–Trinajstić information content (AvgIpc) is 2.84. The first-order valence-corrected chi connectivity index (χ1v) is 11.7. The molecule has 0 saturated carbocycles. The summed E-state index contributed by atoms with van der Waals surface area (Å²) >= 11 is 6.28. The van der Waals surface area contributed by atoms with Crippen molar-refractivity contribution in [2.24, 2.45) is 10.2 Å². The van der Waals surface area contributed by atoms with E-state index in [9.17, 15) is 4.79 Å². The van der Waals surface area contributed by atoms with Crippen LogP contribution in [0.15, 0.2) is 83.0 Å². The van der Waals surface area contributed by atoms with Gasteiger partial charge in [-0.25, -0.2) is 4.79 Å². The molecule has 0 amide bonds. The maximum Gasteiger partial charge on any atom is 0.343 e. The molecule has 0 aliphatic rings. The summed E-state index contributed by atoms with van der Waals surface area (Å²) in [4.78, 5) is 12.5. The number of carbonyl (C=O) groups is 1. The monoisotopic (exact) mass is 464 g/mol. The molecule has 0 bridgehead atoms. The Morgan fingerprint density at radius 2 is 1.52 bits per heavy atom. The molecule has 3 rings (SSSR count). The van der Waals surface area contributed by atoms with Crippen LogP contribution in [0.25, 0.3) is 0 Å². The third-order valence-electron chi connectivity index (χ3n) is 5.01. The fraction of sp³-hybridized carbons (Fsp3) is 0.296. The predicted octanol–water partition coefficient (Wildman–Crippen LogP) is 8.71. The Kier molecular flexibility index (Phi) is 9.92. The molecule has 0 saturated heterocycles. The van der Waals surface area contributed by atoms with Crippen LogP contribution in [0.2, 0.25) is 5.02 Å². The lowest BCUT2D eigenvalue weighted by molar-refractivity contribution is 0.0735. The van der Waals surface area contributed by atoms with Gasteiger partial charge in [0.05, 0.1) is 28.6 Å². The van der Waals surface area contributed by atoms with Crippen LogP contribution in [-0.4, -0.2) is 12.6 Å².